The zero-order chi connectivity index (χ0) is 14.1. The van der Waals surface area contributed by atoms with Gasteiger partial charge in [-0.25, -0.2) is 0 Å². The zero-order valence-electron chi connectivity index (χ0n) is 11.7. The molecule has 2 aliphatic carbocycles. The van der Waals surface area contributed by atoms with Crippen LogP contribution in [0.3, 0.4) is 0 Å². The number of nitriles is 1. The van der Waals surface area contributed by atoms with Gasteiger partial charge in [0.15, 0.2) is 0 Å². The van der Waals surface area contributed by atoms with Crippen LogP contribution in [0.4, 0.5) is 0 Å². The van der Waals surface area contributed by atoms with Gasteiger partial charge in [-0.05, 0) is 59.2 Å². The van der Waals surface area contributed by atoms with Crippen LogP contribution < -0.4 is 0 Å². The smallest absolute Gasteiger partial charge is 0.108 e. The van der Waals surface area contributed by atoms with E-state index >= 15 is 0 Å². The van der Waals surface area contributed by atoms with Crippen molar-refractivity contribution < 1.29 is 0 Å². The molecule has 0 aliphatic heterocycles. The lowest BCUT2D eigenvalue weighted by molar-refractivity contribution is 0.0882. The fourth-order valence-corrected chi connectivity index (χ4v) is 5.97. The second-order valence-electron chi connectivity index (χ2n) is 6.41. The molecule has 0 amide bonds. The van der Waals surface area contributed by atoms with E-state index in [0.717, 1.165) is 17.3 Å². The van der Waals surface area contributed by atoms with Gasteiger partial charge in [0.25, 0.3) is 0 Å². The average molecular weight is 350 g/mol. The van der Waals surface area contributed by atoms with Crippen molar-refractivity contribution in [2.24, 2.45) is 5.41 Å². The molecule has 0 saturated heterocycles. The summed E-state index contributed by atoms with van der Waals surface area (Å²) < 4.78 is 0.926. The molecule has 20 heavy (non-hydrogen) atoms. The van der Waals surface area contributed by atoms with Crippen molar-refractivity contribution in [3.05, 3.63) is 28.7 Å². The molecule has 0 atom stereocenters. The van der Waals surface area contributed by atoms with Crippen molar-refractivity contribution in [1.82, 2.24) is 0 Å². The molecule has 0 bridgehead atoms. The van der Waals surface area contributed by atoms with E-state index in [9.17, 15) is 5.26 Å². The van der Waals surface area contributed by atoms with Crippen molar-refractivity contribution in [3.63, 3.8) is 0 Å². The van der Waals surface area contributed by atoms with Crippen LogP contribution in [0.15, 0.2) is 33.6 Å². The summed E-state index contributed by atoms with van der Waals surface area (Å²) in [5, 5.41) is 9.69. The molecular weight excluding hydrogens is 330 g/mol. The third-order valence-corrected chi connectivity index (χ3v) is 7.13. The fraction of sp³-hybridized carbons (Fsp3) is 0.588. The van der Waals surface area contributed by atoms with Crippen molar-refractivity contribution in [2.75, 3.05) is 0 Å². The molecule has 0 unspecified atom stereocenters. The van der Waals surface area contributed by atoms with Gasteiger partial charge in [0.05, 0.1) is 6.07 Å². The first kappa shape index (κ1) is 14.5. The summed E-state index contributed by atoms with van der Waals surface area (Å²) in [6, 6.07) is 10.9. The Bertz CT molecular complexity index is 518. The first-order valence-corrected chi connectivity index (χ1v) is 9.13. The van der Waals surface area contributed by atoms with Crippen LogP contribution in [-0.4, -0.2) is 4.75 Å². The van der Waals surface area contributed by atoms with Gasteiger partial charge in [0.1, 0.15) is 4.75 Å². The van der Waals surface area contributed by atoms with E-state index in [2.05, 4.69) is 40.2 Å². The Morgan fingerprint density at radius 3 is 2.30 bits per heavy atom. The van der Waals surface area contributed by atoms with Gasteiger partial charge in [0.2, 0.25) is 0 Å². The Morgan fingerprint density at radius 1 is 1.05 bits per heavy atom. The number of thioether (sulfide) groups is 1. The molecule has 0 aromatic heterocycles. The lowest BCUT2D eigenvalue weighted by Crippen LogP contribution is -2.48. The van der Waals surface area contributed by atoms with Gasteiger partial charge < -0.3 is 0 Å². The second-order valence-corrected chi connectivity index (χ2v) is 8.69. The molecule has 1 spiro atoms. The first-order valence-electron chi connectivity index (χ1n) is 7.52. The molecular formula is C17H20BrNS. The van der Waals surface area contributed by atoms with Crippen molar-refractivity contribution in [1.29, 1.82) is 5.26 Å². The SMILES string of the molecule is N#CC1(Sc2ccccc2Br)CC2(CCCCCC2)C1. The molecule has 3 rings (SSSR count). The topological polar surface area (TPSA) is 23.8 Å². The van der Waals surface area contributed by atoms with Gasteiger partial charge >= 0.3 is 0 Å². The van der Waals surface area contributed by atoms with E-state index in [0.29, 0.717) is 5.41 Å². The van der Waals surface area contributed by atoms with Gasteiger partial charge in [-0.1, -0.05) is 37.8 Å². The number of nitrogens with zero attached hydrogens (tertiary/aromatic N) is 1. The quantitative estimate of drug-likeness (QED) is 0.659. The van der Waals surface area contributed by atoms with Gasteiger partial charge in [-0.15, -0.1) is 11.8 Å². The Balaban J connectivity index is 1.73. The summed E-state index contributed by atoms with van der Waals surface area (Å²) in [5.74, 6) is 0. The number of hydrogen-bond donors (Lipinski definition) is 0. The van der Waals surface area contributed by atoms with Crippen LogP contribution in [0.1, 0.15) is 51.4 Å². The molecule has 0 radical (unpaired) electrons. The minimum atomic E-state index is -0.186. The molecule has 1 aromatic carbocycles. The molecule has 1 nitrogen and oxygen atoms in total. The maximum atomic E-state index is 9.69. The maximum absolute atomic E-state index is 9.69. The third kappa shape index (κ3) is 2.78. The number of rotatable bonds is 2. The zero-order valence-corrected chi connectivity index (χ0v) is 14.1. The van der Waals surface area contributed by atoms with Crippen LogP contribution in [0.2, 0.25) is 0 Å². The maximum Gasteiger partial charge on any atom is 0.108 e. The monoisotopic (exact) mass is 349 g/mol. The van der Waals surface area contributed by atoms with Crippen LogP contribution in [0.25, 0.3) is 0 Å². The summed E-state index contributed by atoms with van der Waals surface area (Å²) in [6.45, 7) is 0. The van der Waals surface area contributed by atoms with E-state index in [-0.39, 0.29) is 4.75 Å². The molecule has 3 heteroatoms. The molecule has 2 saturated carbocycles. The Hall–Kier alpha value is -0.460. The molecule has 2 aliphatic rings. The Labute approximate surface area is 134 Å². The highest BCUT2D eigenvalue weighted by molar-refractivity contribution is 9.10. The van der Waals surface area contributed by atoms with Crippen molar-refractivity contribution in [3.8, 4) is 6.07 Å². The Morgan fingerprint density at radius 2 is 1.70 bits per heavy atom. The molecule has 1 aromatic rings. The third-order valence-electron chi connectivity index (χ3n) is 4.83. The number of hydrogen-bond acceptors (Lipinski definition) is 2. The summed E-state index contributed by atoms with van der Waals surface area (Å²) in [4.78, 5) is 1.21. The van der Waals surface area contributed by atoms with Crippen LogP contribution in [-0.2, 0) is 0 Å². The van der Waals surface area contributed by atoms with Crippen molar-refractivity contribution in [2.45, 2.75) is 61.0 Å². The summed E-state index contributed by atoms with van der Waals surface area (Å²) >= 11 is 5.37. The van der Waals surface area contributed by atoms with Gasteiger partial charge in [-0.2, -0.15) is 5.26 Å². The van der Waals surface area contributed by atoms with Crippen LogP contribution in [0, 0.1) is 16.7 Å². The fourth-order valence-electron chi connectivity index (χ4n) is 3.90. The molecule has 2 fully saturated rings. The lowest BCUT2D eigenvalue weighted by Gasteiger charge is -2.52. The average Bonchev–Trinajstić information content (AvgIpc) is 2.66. The molecule has 106 valence electrons. The Kier molecular flexibility index (Phi) is 4.15. The number of benzene rings is 1. The minimum Gasteiger partial charge on any atom is -0.197 e. The summed E-state index contributed by atoms with van der Waals surface area (Å²) in [7, 11) is 0. The number of halogens is 1. The predicted molar refractivity (Wildman–Crippen MR) is 87.7 cm³/mol. The lowest BCUT2D eigenvalue weighted by atomic mass is 9.58. The predicted octanol–water partition coefficient (Wildman–Crippen LogP) is 5.94. The molecule has 0 heterocycles. The molecule has 0 N–H and O–H groups in total. The van der Waals surface area contributed by atoms with E-state index in [4.69, 9.17) is 0 Å². The highest BCUT2D eigenvalue weighted by Gasteiger charge is 2.55. The first-order chi connectivity index (χ1) is 9.67. The van der Waals surface area contributed by atoms with Crippen molar-refractivity contribution >= 4 is 27.7 Å². The minimum absolute atomic E-state index is 0.186. The largest absolute Gasteiger partial charge is 0.197 e. The highest BCUT2D eigenvalue weighted by Crippen LogP contribution is 2.62. The highest BCUT2D eigenvalue weighted by atomic mass is 79.9. The summed E-state index contributed by atoms with van der Waals surface area (Å²) in [5.41, 5.74) is 0.487. The van der Waals surface area contributed by atoms with Gasteiger partial charge in [-0.3, -0.25) is 0 Å². The van der Waals surface area contributed by atoms with E-state index in [1.54, 1.807) is 11.8 Å². The standard InChI is InChI=1S/C17H20BrNS/c18-14-7-3-4-8-15(14)20-17(13-19)11-16(12-17)9-5-1-2-6-10-16/h3-4,7-8H,1-2,5-6,9-12H2. The summed E-state index contributed by atoms with van der Waals surface area (Å²) in [6.07, 6.45) is 10.4. The van der Waals surface area contributed by atoms with Crippen LogP contribution >= 0.6 is 27.7 Å². The van der Waals surface area contributed by atoms with E-state index in [1.807, 2.05) is 6.07 Å². The van der Waals surface area contributed by atoms with Gasteiger partial charge in [0, 0.05) is 9.37 Å². The normalized spacial score (nSPS) is 23.6. The van der Waals surface area contributed by atoms with Crippen LogP contribution in [0.5, 0.6) is 0 Å². The second kappa shape index (κ2) is 5.73. The van der Waals surface area contributed by atoms with E-state index < -0.39 is 0 Å². The van der Waals surface area contributed by atoms with E-state index in [1.165, 1.54) is 43.4 Å².